The van der Waals surface area contributed by atoms with Gasteiger partial charge in [0.1, 0.15) is 6.10 Å². The van der Waals surface area contributed by atoms with Gasteiger partial charge >= 0.3 is 5.97 Å². The Morgan fingerprint density at radius 3 is 2.96 bits per heavy atom. The van der Waals surface area contributed by atoms with Gasteiger partial charge in [-0.15, -0.1) is 12.4 Å². The highest BCUT2D eigenvalue weighted by Gasteiger charge is 2.45. The molecule has 6 nitrogen and oxygen atoms in total. The van der Waals surface area contributed by atoms with Crippen LogP contribution in [0.3, 0.4) is 0 Å². The molecule has 1 aromatic heterocycles. The van der Waals surface area contributed by atoms with Gasteiger partial charge in [-0.3, -0.25) is 0 Å². The number of aromatic nitrogens is 1. The lowest BCUT2D eigenvalue weighted by Gasteiger charge is -2.53. The van der Waals surface area contributed by atoms with E-state index in [4.69, 9.17) is 10.00 Å². The molecule has 0 spiro atoms. The molecular formula is C20H20ClN3O3. The summed E-state index contributed by atoms with van der Waals surface area (Å²) in [7, 11) is 0. The van der Waals surface area contributed by atoms with Gasteiger partial charge in [0.25, 0.3) is 0 Å². The second-order valence-corrected chi connectivity index (χ2v) is 7.49. The number of piperidine rings is 3. The lowest BCUT2D eigenvalue weighted by molar-refractivity contribution is -0.0511. The Morgan fingerprint density at radius 2 is 2.22 bits per heavy atom. The van der Waals surface area contributed by atoms with Gasteiger partial charge in [0, 0.05) is 41.8 Å². The zero-order valence-corrected chi connectivity index (χ0v) is 15.4. The van der Waals surface area contributed by atoms with E-state index in [0.717, 1.165) is 24.8 Å². The van der Waals surface area contributed by atoms with Crippen molar-refractivity contribution >= 4 is 29.3 Å². The SMILES string of the molecule is Cl.N#Cc1ccc2[nH]cc(C(=O)OC3C=C4CC5CC(C3)N4CC5O)c2c1. The van der Waals surface area contributed by atoms with Crippen molar-refractivity contribution in [3.05, 3.63) is 47.3 Å². The highest BCUT2D eigenvalue weighted by molar-refractivity contribution is 6.04. The van der Waals surface area contributed by atoms with Crippen molar-refractivity contribution in [1.82, 2.24) is 9.88 Å². The minimum atomic E-state index is -0.367. The quantitative estimate of drug-likeness (QED) is 0.776. The predicted octanol–water partition coefficient (Wildman–Crippen LogP) is 2.73. The van der Waals surface area contributed by atoms with Crippen LogP contribution in [0.1, 0.15) is 35.2 Å². The zero-order chi connectivity index (χ0) is 17.8. The number of carbonyl (C=O) groups is 1. The van der Waals surface area contributed by atoms with Gasteiger partial charge in [0.15, 0.2) is 0 Å². The van der Waals surface area contributed by atoms with Crippen molar-refractivity contribution in [1.29, 1.82) is 5.26 Å². The van der Waals surface area contributed by atoms with E-state index in [-0.39, 0.29) is 30.6 Å². The van der Waals surface area contributed by atoms with Crippen molar-refractivity contribution < 1.29 is 14.6 Å². The van der Waals surface area contributed by atoms with E-state index in [9.17, 15) is 9.90 Å². The minimum Gasteiger partial charge on any atom is -0.454 e. The summed E-state index contributed by atoms with van der Waals surface area (Å²) >= 11 is 0. The number of allylic oxidation sites excluding steroid dienone is 1. The molecule has 3 fully saturated rings. The molecule has 4 aliphatic heterocycles. The first-order valence-corrected chi connectivity index (χ1v) is 9.00. The standard InChI is InChI=1S/C20H19N3O3.ClH/c21-8-11-1-2-18-16(3-11)17(9-22-18)20(25)26-15-6-13-4-12-5-14(7-15)23(13)10-19(12)24;/h1-3,6,9,12,14-15,19,22,24H,4-5,7,10H2;1H. The topological polar surface area (TPSA) is 89.3 Å². The Morgan fingerprint density at radius 1 is 1.37 bits per heavy atom. The molecule has 0 saturated carbocycles. The summed E-state index contributed by atoms with van der Waals surface area (Å²) in [5, 5.41) is 19.8. The Kier molecular flexibility index (Phi) is 4.37. The first-order chi connectivity index (χ1) is 12.6. The third kappa shape index (κ3) is 2.88. The largest absolute Gasteiger partial charge is 0.454 e. The van der Waals surface area contributed by atoms with Crippen LogP contribution in [-0.2, 0) is 4.74 Å². The molecule has 0 aliphatic carbocycles. The third-order valence-electron chi connectivity index (χ3n) is 5.96. The van der Waals surface area contributed by atoms with Crippen LogP contribution in [0.15, 0.2) is 36.2 Å². The van der Waals surface area contributed by atoms with Crippen LogP contribution in [0.5, 0.6) is 0 Å². The summed E-state index contributed by atoms with van der Waals surface area (Å²) in [5.74, 6) is -0.0284. The molecule has 4 atom stereocenters. The number of nitrogens with one attached hydrogen (secondary N) is 1. The smallest absolute Gasteiger partial charge is 0.340 e. The van der Waals surface area contributed by atoms with E-state index in [1.807, 2.05) is 6.08 Å². The lowest BCUT2D eigenvalue weighted by atomic mass is 9.75. The van der Waals surface area contributed by atoms with E-state index in [0.29, 0.717) is 35.0 Å². The van der Waals surface area contributed by atoms with Gasteiger partial charge < -0.3 is 19.7 Å². The van der Waals surface area contributed by atoms with Crippen molar-refractivity contribution in [2.24, 2.45) is 5.92 Å². The number of aromatic amines is 1. The van der Waals surface area contributed by atoms with E-state index < -0.39 is 0 Å². The molecule has 4 bridgehead atoms. The number of halogens is 1. The molecule has 4 unspecified atom stereocenters. The number of carbonyl (C=O) groups excluding carboxylic acids is 1. The number of benzene rings is 1. The molecular weight excluding hydrogens is 366 g/mol. The Balaban J connectivity index is 0.00000180. The number of aliphatic hydroxyl groups is 1. The molecule has 4 aliphatic rings. The van der Waals surface area contributed by atoms with Crippen molar-refractivity contribution in [2.75, 3.05) is 6.54 Å². The molecule has 2 N–H and O–H groups in total. The second kappa shape index (κ2) is 6.59. The van der Waals surface area contributed by atoms with Gasteiger partial charge in [-0.25, -0.2) is 4.79 Å². The molecule has 7 heteroatoms. The lowest BCUT2D eigenvalue weighted by Crippen LogP contribution is -2.57. The first-order valence-electron chi connectivity index (χ1n) is 9.00. The predicted molar refractivity (Wildman–Crippen MR) is 101 cm³/mol. The monoisotopic (exact) mass is 385 g/mol. The number of hydrogen-bond donors (Lipinski definition) is 2. The first kappa shape index (κ1) is 17.9. The highest BCUT2D eigenvalue weighted by Crippen LogP contribution is 2.43. The number of rotatable bonds is 2. The Hall–Kier alpha value is -2.49. The van der Waals surface area contributed by atoms with Crippen molar-refractivity contribution in [3.63, 3.8) is 0 Å². The maximum absolute atomic E-state index is 12.7. The van der Waals surface area contributed by atoms with Crippen molar-refractivity contribution in [3.8, 4) is 6.07 Å². The maximum Gasteiger partial charge on any atom is 0.340 e. The number of nitrogens with zero attached hydrogens (tertiary/aromatic N) is 2. The van der Waals surface area contributed by atoms with E-state index in [1.165, 1.54) is 5.70 Å². The summed E-state index contributed by atoms with van der Waals surface area (Å²) in [5.41, 5.74) is 2.99. The van der Waals surface area contributed by atoms with Crippen LogP contribution in [0.2, 0.25) is 0 Å². The number of nitriles is 1. The number of H-pyrrole nitrogens is 1. The van der Waals surface area contributed by atoms with Crippen LogP contribution < -0.4 is 0 Å². The Labute approximate surface area is 162 Å². The normalized spacial score (nSPS) is 28.3. The fourth-order valence-corrected chi connectivity index (χ4v) is 4.67. The van der Waals surface area contributed by atoms with E-state index >= 15 is 0 Å². The van der Waals surface area contributed by atoms with Crippen LogP contribution in [0, 0.1) is 17.2 Å². The molecule has 2 aromatic rings. The molecule has 27 heavy (non-hydrogen) atoms. The van der Waals surface area contributed by atoms with E-state index in [1.54, 1.807) is 24.4 Å². The zero-order valence-electron chi connectivity index (χ0n) is 14.6. The summed E-state index contributed by atoms with van der Waals surface area (Å²) in [6.07, 6.45) is 5.82. The number of fused-ring (bicyclic) bond motifs is 2. The summed E-state index contributed by atoms with van der Waals surface area (Å²) in [6, 6.07) is 7.68. The number of ether oxygens (including phenoxy) is 1. The Bertz CT molecular complexity index is 976. The van der Waals surface area contributed by atoms with Gasteiger partial charge in [-0.1, -0.05) is 0 Å². The van der Waals surface area contributed by atoms with Crippen molar-refractivity contribution in [2.45, 2.75) is 37.5 Å². The molecule has 0 amide bonds. The molecule has 5 heterocycles. The average molecular weight is 386 g/mol. The highest BCUT2D eigenvalue weighted by atomic mass is 35.5. The summed E-state index contributed by atoms with van der Waals surface area (Å²) in [4.78, 5) is 18.1. The fraction of sp³-hybridized carbons (Fsp3) is 0.400. The second-order valence-electron chi connectivity index (χ2n) is 7.49. The van der Waals surface area contributed by atoms with Gasteiger partial charge in [0.05, 0.1) is 23.3 Å². The molecule has 0 radical (unpaired) electrons. The minimum absolute atomic E-state index is 0. The number of hydrogen-bond acceptors (Lipinski definition) is 5. The summed E-state index contributed by atoms with van der Waals surface area (Å²) in [6.45, 7) is 0.696. The third-order valence-corrected chi connectivity index (χ3v) is 5.96. The van der Waals surface area contributed by atoms with Crippen LogP contribution in [0.4, 0.5) is 0 Å². The maximum atomic E-state index is 12.7. The molecule has 6 rings (SSSR count). The number of aliphatic hydroxyl groups excluding tert-OH is 1. The summed E-state index contributed by atoms with van der Waals surface area (Å²) < 4.78 is 5.78. The van der Waals surface area contributed by atoms with E-state index in [2.05, 4.69) is 16.0 Å². The van der Waals surface area contributed by atoms with Gasteiger partial charge in [-0.05, 0) is 43.0 Å². The van der Waals surface area contributed by atoms with Crippen LogP contribution >= 0.6 is 12.4 Å². The molecule has 1 aromatic carbocycles. The van der Waals surface area contributed by atoms with Crippen LogP contribution in [-0.4, -0.2) is 45.8 Å². The molecule has 140 valence electrons. The average Bonchev–Trinajstić information content (AvgIpc) is 3.04. The molecule has 3 saturated heterocycles. The van der Waals surface area contributed by atoms with Gasteiger partial charge in [0.2, 0.25) is 0 Å². The fourth-order valence-electron chi connectivity index (χ4n) is 4.67. The number of esters is 1. The van der Waals surface area contributed by atoms with Crippen LogP contribution in [0.25, 0.3) is 10.9 Å². The van der Waals surface area contributed by atoms with Gasteiger partial charge in [-0.2, -0.15) is 5.26 Å².